The lowest BCUT2D eigenvalue weighted by molar-refractivity contribution is -0.158. The van der Waals surface area contributed by atoms with E-state index in [9.17, 15) is 0 Å². The van der Waals surface area contributed by atoms with Crippen molar-refractivity contribution < 1.29 is 0 Å². The summed E-state index contributed by atoms with van der Waals surface area (Å²) >= 11 is 0. The Morgan fingerprint density at radius 2 is 1.00 bits per heavy atom. The third-order valence-electron chi connectivity index (χ3n) is 16.8. The molecule has 8 saturated carbocycles. The molecule has 2 saturated heterocycles. The van der Waals surface area contributed by atoms with Crippen LogP contribution in [0, 0.1) is 46.3 Å². The molecule has 2 heterocycles. The fourth-order valence-corrected chi connectivity index (χ4v) is 25.0. The van der Waals surface area contributed by atoms with E-state index in [4.69, 9.17) is 0 Å². The van der Waals surface area contributed by atoms with Crippen LogP contribution in [0.3, 0.4) is 0 Å². The van der Waals surface area contributed by atoms with Gasteiger partial charge < -0.3 is 10.6 Å². The molecule has 8 bridgehead atoms. The van der Waals surface area contributed by atoms with E-state index < -0.39 is 16.1 Å². The van der Waals surface area contributed by atoms with Crippen LogP contribution < -0.4 is 21.0 Å². The Labute approximate surface area is 313 Å². The number of nitrogens with one attached hydrogen (secondary N) is 2. The molecule has 2 nitrogen and oxygen atoms in total. The molecule has 1 aromatic rings. The smallest absolute Gasteiger partial charge is 0.0774 e. The fourth-order valence-electron chi connectivity index (χ4n) is 15.6. The van der Waals surface area contributed by atoms with E-state index in [0.717, 1.165) is 47.1 Å². The lowest BCUT2D eigenvalue weighted by atomic mass is 9.37. The van der Waals surface area contributed by atoms with E-state index in [-0.39, 0.29) is 13.1 Å². The van der Waals surface area contributed by atoms with Crippen LogP contribution in [0.25, 0.3) is 0 Å². The Hall–Kier alpha value is 0.434. The molecule has 3 unspecified atom stereocenters. The maximum atomic E-state index is 4.19. The summed E-state index contributed by atoms with van der Waals surface area (Å²) in [4.78, 5) is 0. The van der Waals surface area contributed by atoms with Gasteiger partial charge in [-0.25, -0.2) is 0 Å². The first-order valence-electron chi connectivity index (χ1n) is 22.0. The maximum absolute atomic E-state index is 4.19. The highest BCUT2D eigenvalue weighted by molar-refractivity contribution is 7.58. The van der Waals surface area contributed by atoms with Crippen molar-refractivity contribution in [2.24, 2.45) is 46.3 Å². The van der Waals surface area contributed by atoms with Gasteiger partial charge in [-0.15, -0.1) is 9.24 Å². The molecular formula is C44H74N2P2Si2. The van der Waals surface area contributed by atoms with Crippen molar-refractivity contribution in [2.45, 2.75) is 178 Å². The van der Waals surface area contributed by atoms with Crippen LogP contribution >= 0.6 is 17.2 Å². The van der Waals surface area contributed by atoms with Gasteiger partial charge in [0.05, 0.1) is 16.1 Å². The molecule has 0 radical (unpaired) electrons. The van der Waals surface area contributed by atoms with Gasteiger partial charge in [0.1, 0.15) is 0 Å². The summed E-state index contributed by atoms with van der Waals surface area (Å²) in [6, 6.07) is 6.06. The van der Waals surface area contributed by atoms with E-state index in [1.54, 1.807) is 77.0 Å². The van der Waals surface area contributed by atoms with Crippen molar-refractivity contribution in [2.75, 3.05) is 13.1 Å². The molecular weight excluding hydrogens is 675 g/mol. The molecule has 0 amide bonds. The van der Waals surface area contributed by atoms with Crippen molar-refractivity contribution in [1.82, 2.24) is 10.6 Å². The number of hydrogen-bond donors (Lipinski definition) is 2. The normalized spacial score (nSPS) is 42.9. The molecule has 1 aromatic carbocycles. The van der Waals surface area contributed by atoms with Crippen molar-refractivity contribution in [3.05, 3.63) is 23.3 Å². The highest BCUT2D eigenvalue weighted by Gasteiger charge is 2.69. The molecule has 2 aliphatic heterocycles. The molecule has 50 heavy (non-hydrogen) atoms. The summed E-state index contributed by atoms with van der Waals surface area (Å²) in [5.74, 6) is 7.49. The molecule has 10 fully saturated rings. The van der Waals surface area contributed by atoms with Gasteiger partial charge in [-0.2, -0.15) is 0 Å². The standard InChI is InChI=1S/C44H74N2P2Si2/c1-49(2,3)38-21-36(29-48(40-11-7-9-13-45-40)41-12-8-10-14-46-41)37(22-39(38)50(4,5)6)44(47,42-23-30-15-31(24-42)17-32(16-30)25-42)43-26-33-18-34(27-43)20-35(19-33)28-43/h21-22,30-35,40-41,45-46H,7-20,23-29,47H2,1-6H3. The first kappa shape index (κ1) is 36.1. The average molecular weight is 749 g/mol. The molecule has 0 aromatic heterocycles. The first-order valence-corrected chi connectivity index (χ1v) is 31.2. The van der Waals surface area contributed by atoms with E-state index >= 15 is 0 Å². The van der Waals surface area contributed by atoms with Crippen molar-refractivity contribution in [3.8, 4) is 0 Å². The largest absolute Gasteiger partial charge is 0.310 e. The van der Waals surface area contributed by atoms with Crippen LogP contribution in [-0.2, 0) is 11.3 Å². The quantitative estimate of drug-likeness (QED) is 0.194. The Kier molecular flexibility index (Phi) is 9.39. The van der Waals surface area contributed by atoms with Crippen LogP contribution in [0.5, 0.6) is 0 Å². The van der Waals surface area contributed by atoms with Gasteiger partial charge in [-0.3, -0.25) is 0 Å². The Morgan fingerprint density at radius 1 is 0.620 bits per heavy atom. The monoisotopic (exact) mass is 748 g/mol. The minimum absolute atomic E-state index is 0.194. The summed E-state index contributed by atoms with van der Waals surface area (Å²) in [5.41, 5.74) is 4.78. The van der Waals surface area contributed by atoms with E-state index in [1.165, 1.54) is 57.8 Å². The molecule has 0 spiro atoms. The number of rotatable bonds is 9. The van der Waals surface area contributed by atoms with Gasteiger partial charge in [0.2, 0.25) is 0 Å². The van der Waals surface area contributed by atoms with Gasteiger partial charge >= 0.3 is 0 Å². The average Bonchev–Trinajstić information content (AvgIpc) is 3.05. The highest BCUT2D eigenvalue weighted by atomic mass is 31.1. The Balaban J connectivity index is 1.27. The van der Waals surface area contributed by atoms with E-state index in [2.05, 4.69) is 71.3 Å². The number of hydrogen-bond acceptors (Lipinski definition) is 2. The predicted octanol–water partition coefficient (Wildman–Crippen LogP) is 10.5. The zero-order chi connectivity index (χ0) is 34.7. The van der Waals surface area contributed by atoms with E-state index in [1.807, 2.05) is 21.5 Å². The van der Waals surface area contributed by atoms with Gasteiger partial charge in [0.25, 0.3) is 0 Å². The summed E-state index contributed by atoms with van der Waals surface area (Å²) in [5, 5.41) is 12.3. The van der Waals surface area contributed by atoms with Gasteiger partial charge in [-0.05, 0) is 179 Å². The maximum Gasteiger partial charge on any atom is 0.0774 e. The third-order valence-corrected chi connectivity index (χ3v) is 25.8. The van der Waals surface area contributed by atoms with Crippen LogP contribution in [0.2, 0.25) is 39.3 Å². The van der Waals surface area contributed by atoms with Crippen LogP contribution in [0.4, 0.5) is 0 Å². The molecule has 6 heteroatoms. The first-order chi connectivity index (χ1) is 23.8. The Bertz CT molecular complexity index is 1300. The van der Waals surface area contributed by atoms with Crippen LogP contribution in [0.15, 0.2) is 12.1 Å². The second-order valence-corrected chi connectivity index (χ2v) is 35.9. The van der Waals surface area contributed by atoms with Crippen LogP contribution in [0.1, 0.15) is 127 Å². The molecule has 8 aliphatic carbocycles. The number of piperidine rings is 2. The Morgan fingerprint density at radius 3 is 1.34 bits per heavy atom. The van der Waals surface area contributed by atoms with Gasteiger partial charge in [0, 0.05) is 16.7 Å². The molecule has 2 N–H and O–H groups in total. The van der Waals surface area contributed by atoms with Gasteiger partial charge in [-0.1, -0.05) is 82.6 Å². The zero-order valence-corrected chi connectivity index (χ0v) is 37.2. The SMILES string of the molecule is C[Si](C)(C)c1cc(CP(C2CCCCN2)C2CCCCN2)c(C(P)(C23CC4CC(CC(C4)C2)C3)C23CC4CC(CC(C4)C2)C3)cc1[Si](C)(C)C. The number of benzene rings is 1. The van der Waals surface area contributed by atoms with Crippen molar-refractivity contribution in [1.29, 1.82) is 0 Å². The third kappa shape index (κ3) is 6.03. The summed E-state index contributed by atoms with van der Waals surface area (Å²) in [6.45, 7) is 18.6. The zero-order valence-electron chi connectivity index (χ0n) is 33.1. The fraction of sp³-hybridized carbons (Fsp3) is 0.864. The second kappa shape index (κ2) is 13.0. The minimum Gasteiger partial charge on any atom is -0.310 e. The topological polar surface area (TPSA) is 24.1 Å². The van der Waals surface area contributed by atoms with Gasteiger partial charge in [0.15, 0.2) is 0 Å². The predicted molar refractivity (Wildman–Crippen MR) is 227 cm³/mol. The highest BCUT2D eigenvalue weighted by Crippen LogP contribution is 2.78. The second-order valence-electron chi connectivity index (χ2n) is 22.4. The molecule has 278 valence electrons. The van der Waals surface area contributed by atoms with Crippen molar-refractivity contribution in [3.63, 3.8) is 0 Å². The lowest BCUT2D eigenvalue weighted by Crippen LogP contribution is -2.65. The summed E-state index contributed by atoms with van der Waals surface area (Å²) in [6.07, 6.45) is 28.4. The van der Waals surface area contributed by atoms with Crippen LogP contribution in [-0.4, -0.2) is 40.8 Å². The molecule has 11 rings (SSSR count). The summed E-state index contributed by atoms with van der Waals surface area (Å²) in [7, 11) is 0.677. The minimum atomic E-state index is -1.60. The summed E-state index contributed by atoms with van der Waals surface area (Å²) < 4.78 is 0. The molecule has 3 atom stereocenters. The van der Waals surface area contributed by atoms with E-state index in [0.29, 0.717) is 10.8 Å². The van der Waals surface area contributed by atoms with Crippen molar-refractivity contribution >= 4 is 43.7 Å². The lowest BCUT2D eigenvalue weighted by Gasteiger charge is -2.72. The molecule has 10 aliphatic rings.